The number of hydrogen-bond acceptors (Lipinski definition) is 3. The van der Waals surface area contributed by atoms with E-state index in [1.54, 1.807) is 13.8 Å². The van der Waals surface area contributed by atoms with Gasteiger partial charge in [0.1, 0.15) is 5.84 Å². The van der Waals surface area contributed by atoms with E-state index in [2.05, 4.69) is 9.44 Å². The van der Waals surface area contributed by atoms with Crippen molar-refractivity contribution in [1.29, 1.82) is 5.41 Å². The minimum Gasteiger partial charge on any atom is -0.384 e. The van der Waals surface area contributed by atoms with Gasteiger partial charge in [0.25, 0.3) is 10.2 Å². The lowest BCUT2D eigenvalue weighted by Crippen LogP contribution is -2.35. The number of hydrogen-bond donors (Lipinski definition) is 4. The smallest absolute Gasteiger partial charge is 0.384 e. The van der Waals surface area contributed by atoms with Crippen LogP contribution in [0.2, 0.25) is 0 Å². The monoisotopic (exact) mass is 324 g/mol. The zero-order chi connectivity index (χ0) is 16.4. The van der Waals surface area contributed by atoms with E-state index in [0.29, 0.717) is 12.1 Å². The number of benzene rings is 1. The van der Waals surface area contributed by atoms with Gasteiger partial charge >= 0.3 is 6.18 Å². The molecule has 0 unspecified atom stereocenters. The van der Waals surface area contributed by atoms with Gasteiger partial charge < -0.3 is 5.73 Å². The van der Waals surface area contributed by atoms with Crippen molar-refractivity contribution in [2.45, 2.75) is 26.1 Å². The second-order valence-electron chi connectivity index (χ2n) is 4.55. The van der Waals surface area contributed by atoms with Gasteiger partial charge in [-0.1, -0.05) is 0 Å². The molecule has 0 heterocycles. The van der Waals surface area contributed by atoms with Gasteiger partial charge in [-0.2, -0.15) is 26.3 Å². The van der Waals surface area contributed by atoms with Crippen LogP contribution in [0.15, 0.2) is 18.2 Å². The SMILES string of the molecule is CC(C)NS(=O)(=O)Nc1ccc(C(F)(F)F)cc1C(=N)N. The minimum absolute atomic E-state index is 0.205. The van der Waals surface area contributed by atoms with E-state index in [9.17, 15) is 21.6 Å². The molecule has 0 radical (unpaired) electrons. The van der Waals surface area contributed by atoms with Gasteiger partial charge in [-0.05, 0) is 32.0 Å². The van der Waals surface area contributed by atoms with Gasteiger partial charge in [0.05, 0.1) is 11.3 Å². The van der Waals surface area contributed by atoms with Crippen LogP contribution in [0.1, 0.15) is 25.0 Å². The maximum atomic E-state index is 12.6. The Morgan fingerprint density at radius 3 is 2.33 bits per heavy atom. The number of nitrogen functional groups attached to an aromatic ring is 1. The molecule has 0 bridgehead atoms. The number of halogens is 3. The molecule has 0 fully saturated rings. The van der Waals surface area contributed by atoms with Crippen molar-refractivity contribution < 1.29 is 21.6 Å². The number of nitrogens with one attached hydrogen (secondary N) is 3. The van der Waals surface area contributed by atoms with Gasteiger partial charge in [-0.15, -0.1) is 0 Å². The van der Waals surface area contributed by atoms with Crippen LogP contribution in [0.25, 0.3) is 0 Å². The summed E-state index contributed by atoms with van der Waals surface area (Å²) in [4.78, 5) is 0. The lowest BCUT2D eigenvalue weighted by molar-refractivity contribution is -0.137. The Hall–Kier alpha value is -1.81. The van der Waals surface area contributed by atoms with E-state index in [-0.39, 0.29) is 11.3 Å². The molecule has 5 N–H and O–H groups in total. The highest BCUT2D eigenvalue weighted by molar-refractivity contribution is 7.90. The summed E-state index contributed by atoms with van der Waals surface area (Å²) in [5.41, 5.74) is 3.63. The lowest BCUT2D eigenvalue weighted by Gasteiger charge is -2.16. The molecule has 1 aromatic rings. The highest BCUT2D eigenvalue weighted by Crippen LogP contribution is 2.31. The Kier molecular flexibility index (Phi) is 4.84. The van der Waals surface area contributed by atoms with Crippen LogP contribution >= 0.6 is 0 Å². The standard InChI is InChI=1S/C11H15F3N4O2S/c1-6(2)17-21(19,20)18-9-4-3-7(11(12,13)14)5-8(9)10(15)16/h3-6,17-18H,1-2H3,(H3,15,16). The highest BCUT2D eigenvalue weighted by atomic mass is 32.2. The maximum Gasteiger partial charge on any atom is 0.416 e. The Balaban J connectivity index is 3.23. The number of amidine groups is 1. The molecular weight excluding hydrogens is 309 g/mol. The Labute approximate surface area is 120 Å². The van der Waals surface area contributed by atoms with E-state index in [1.807, 2.05) is 0 Å². The second-order valence-corrected chi connectivity index (χ2v) is 6.00. The first-order chi connectivity index (χ1) is 9.42. The van der Waals surface area contributed by atoms with Gasteiger partial charge in [-0.25, -0.2) is 0 Å². The summed E-state index contributed by atoms with van der Waals surface area (Å²) in [6.07, 6.45) is -4.61. The van der Waals surface area contributed by atoms with Crippen molar-refractivity contribution >= 4 is 21.7 Å². The van der Waals surface area contributed by atoms with Gasteiger partial charge in [0.2, 0.25) is 0 Å². The molecule has 1 rings (SSSR count). The van der Waals surface area contributed by atoms with Crippen LogP contribution in [-0.2, 0) is 16.4 Å². The summed E-state index contributed by atoms with van der Waals surface area (Å²) in [5, 5.41) is 7.28. The molecule has 21 heavy (non-hydrogen) atoms. The fraction of sp³-hybridized carbons (Fsp3) is 0.364. The average molecular weight is 324 g/mol. The predicted molar refractivity (Wildman–Crippen MR) is 73.3 cm³/mol. The summed E-state index contributed by atoms with van der Waals surface area (Å²) < 4.78 is 65.5. The molecule has 0 aliphatic heterocycles. The van der Waals surface area contributed by atoms with Gasteiger partial charge in [-0.3, -0.25) is 10.1 Å². The molecule has 0 saturated carbocycles. The third-order valence-corrected chi connectivity index (χ3v) is 3.54. The molecule has 118 valence electrons. The Morgan fingerprint density at radius 2 is 1.90 bits per heavy atom. The summed E-state index contributed by atoms with van der Waals surface area (Å²) in [6.45, 7) is 3.16. The molecule has 0 amide bonds. The van der Waals surface area contributed by atoms with E-state index in [4.69, 9.17) is 11.1 Å². The van der Waals surface area contributed by atoms with E-state index < -0.39 is 33.8 Å². The van der Waals surface area contributed by atoms with Crippen LogP contribution in [-0.4, -0.2) is 20.3 Å². The predicted octanol–water partition coefficient (Wildman–Crippen LogP) is 1.64. The topological polar surface area (TPSA) is 108 Å². The summed E-state index contributed by atoms with van der Waals surface area (Å²) in [7, 11) is -3.97. The van der Waals surface area contributed by atoms with Crippen LogP contribution in [0, 0.1) is 5.41 Å². The van der Waals surface area contributed by atoms with E-state index in [1.165, 1.54) is 0 Å². The molecule has 0 aliphatic rings. The van der Waals surface area contributed by atoms with Crippen LogP contribution < -0.4 is 15.2 Å². The fourth-order valence-electron chi connectivity index (χ4n) is 1.52. The van der Waals surface area contributed by atoms with Crippen molar-refractivity contribution in [2.75, 3.05) is 4.72 Å². The Bertz CT molecular complexity index is 641. The van der Waals surface area contributed by atoms with Crippen molar-refractivity contribution in [3.05, 3.63) is 29.3 Å². The molecule has 1 aromatic carbocycles. The largest absolute Gasteiger partial charge is 0.416 e. The average Bonchev–Trinajstić information content (AvgIpc) is 2.24. The molecule has 6 nitrogen and oxygen atoms in total. The summed E-state index contributed by atoms with van der Waals surface area (Å²) in [6, 6.07) is 1.84. The van der Waals surface area contributed by atoms with Gasteiger partial charge in [0.15, 0.2) is 0 Å². The third-order valence-electron chi connectivity index (χ3n) is 2.27. The number of anilines is 1. The molecule has 0 atom stereocenters. The first-order valence-corrected chi connectivity index (χ1v) is 7.26. The minimum atomic E-state index is -4.61. The quantitative estimate of drug-likeness (QED) is 0.488. The van der Waals surface area contributed by atoms with Gasteiger partial charge in [0, 0.05) is 11.6 Å². The first kappa shape index (κ1) is 17.2. The Morgan fingerprint density at radius 1 is 1.33 bits per heavy atom. The van der Waals surface area contributed by atoms with Crippen LogP contribution in [0.3, 0.4) is 0 Å². The molecule has 10 heteroatoms. The zero-order valence-corrected chi connectivity index (χ0v) is 12.1. The highest BCUT2D eigenvalue weighted by Gasteiger charge is 2.31. The number of rotatable bonds is 5. The maximum absolute atomic E-state index is 12.6. The van der Waals surface area contributed by atoms with Crippen molar-refractivity contribution in [3.63, 3.8) is 0 Å². The van der Waals surface area contributed by atoms with Crippen molar-refractivity contribution in [3.8, 4) is 0 Å². The lowest BCUT2D eigenvalue weighted by atomic mass is 10.1. The zero-order valence-electron chi connectivity index (χ0n) is 11.2. The number of alkyl halides is 3. The molecule has 0 aromatic heterocycles. The normalized spacial score (nSPS) is 12.5. The molecule has 0 aliphatic carbocycles. The number of nitrogens with two attached hydrogens (primary N) is 1. The van der Waals surface area contributed by atoms with Crippen molar-refractivity contribution in [2.24, 2.45) is 5.73 Å². The third kappa shape index (κ3) is 4.90. The van der Waals surface area contributed by atoms with Crippen molar-refractivity contribution in [1.82, 2.24) is 4.72 Å². The molecule has 0 spiro atoms. The fourth-order valence-corrected chi connectivity index (χ4v) is 2.66. The van der Waals surface area contributed by atoms with Crippen LogP contribution in [0.5, 0.6) is 0 Å². The van der Waals surface area contributed by atoms with E-state index >= 15 is 0 Å². The molecular formula is C11H15F3N4O2S. The second kappa shape index (κ2) is 5.90. The summed E-state index contributed by atoms with van der Waals surface area (Å²) >= 11 is 0. The van der Waals surface area contributed by atoms with E-state index in [0.717, 1.165) is 6.07 Å². The summed E-state index contributed by atoms with van der Waals surface area (Å²) in [5.74, 6) is -0.677. The first-order valence-electron chi connectivity index (χ1n) is 5.78. The molecule has 0 saturated heterocycles. The van der Waals surface area contributed by atoms with Crippen LogP contribution in [0.4, 0.5) is 18.9 Å².